The summed E-state index contributed by atoms with van der Waals surface area (Å²) in [5.74, 6) is 0.753. The van der Waals surface area contributed by atoms with Gasteiger partial charge in [0.05, 0.1) is 0 Å². The van der Waals surface area contributed by atoms with E-state index in [4.69, 9.17) is 0 Å². The van der Waals surface area contributed by atoms with Crippen LogP contribution >= 0.6 is 0 Å². The molecule has 0 atom stereocenters. The summed E-state index contributed by atoms with van der Waals surface area (Å²) < 4.78 is 0. The average molecular weight is 186 g/mol. The molecule has 1 aliphatic carbocycles. The molecule has 0 radical (unpaired) electrons. The van der Waals surface area contributed by atoms with E-state index in [1.807, 2.05) is 0 Å². The molecule has 2 rings (SSSR count). The van der Waals surface area contributed by atoms with Crippen LogP contribution in [0, 0.1) is 5.92 Å². The highest BCUT2D eigenvalue weighted by molar-refractivity contribution is 5.63. The van der Waals surface area contributed by atoms with Crippen LogP contribution in [0.5, 0.6) is 0 Å². The highest BCUT2D eigenvalue weighted by Crippen LogP contribution is 2.26. The molecule has 0 fully saturated rings. The summed E-state index contributed by atoms with van der Waals surface area (Å²) >= 11 is 0. The zero-order valence-electron chi connectivity index (χ0n) is 9.30. The molecular formula is C14H18. The second-order valence-corrected chi connectivity index (χ2v) is 4.80. The second kappa shape index (κ2) is 3.61. The van der Waals surface area contributed by atoms with Crippen molar-refractivity contribution in [1.29, 1.82) is 0 Å². The zero-order chi connectivity index (χ0) is 10.1. The molecule has 0 spiro atoms. The molecule has 0 N–H and O–H groups in total. The van der Waals surface area contributed by atoms with Crippen LogP contribution in [0.4, 0.5) is 0 Å². The van der Waals surface area contributed by atoms with Crippen molar-refractivity contribution in [2.45, 2.75) is 33.6 Å². The fourth-order valence-electron chi connectivity index (χ4n) is 2.17. The van der Waals surface area contributed by atoms with E-state index in [0.29, 0.717) is 0 Å². The molecule has 14 heavy (non-hydrogen) atoms. The minimum atomic E-state index is 0.753. The first-order chi connectivity index (χ1) is 6.65. The molecule has 0 bridgehead atoms. The maximum Gasteiger partial charge on any atom is -0.00605 e. The first-order valence-electron chi connectivity index (χ1n) is 5.44. The van der Waals surface area contributed by atoms with E-state index in [9.17, 15) is 0 Å². The van der Waals surface area contributed by atoms with Crippen molar-refractivity contribution in [2.24, 2.45) is 5.92 Å². The fraction of sp³-hybridized carbons (Fsp3) is 0.429. The maximum atomic E-state index is 2.38. The Labute approximate surface area is 86.7 Å². The van der Waals surface area contributed by atoms with Gasteiger partial charge in [-0.15, -0.1) is 0 Å². The summed E-state index contributed by atoms with van der Waals surface area (Å²) in [6.07, 6.45) is 4.65. The minimum Gasteiger partial charge on any atom is -0.0683 e. The standard InChI is InChI=1S/C14H18/c1-10(2)6-12-4-5-13-7-11(3)8-14(13)9-12/h4-5,7,9-10H,6,8H2,1-3H3. The van der Waals surface area contributed by atoms with Crippen molar-refractivity contribution in [2.75, 3.05) is 0 Å². The molecular weight excluding hydrogens is 168 g/mol. The van der Waals surface area contributed by atoms with Gasteiger partial charge in [-0.1, -0.05) is 43.7 Å². The van der Waals surface area contributed by atoms with Crippen LogP contribution in [0.15, 0.2) is 23.8 Å². The SMILES string of the molecule is CC1=Cc2ccc(CC(C)C)cc2C1. The monoisotopic (exact) mass is 186 g/mol. The van der Waals surface area contributed by atoms with Crippen molar-refractivity contribution in [3.63, 3.8) is 0 Å². The van der Waals surface area contributed by atoms with Gasteiger partial charge in [-0.3, -0.25) is 0 Å². The third-order valence-electron chi connectivity index (χ3n) is 2.72. The van der Waals surface area contributed by atoms with Crippen molar-refractivity contribution >= 4 is 6.08 Å². The summed E-state index contributed by atoms with van der Waals surface area (Å²) in [6.45, 7) is 6.76. The van der Waals surface area contributed by atoms with Crippen LogP contribution in [-0.2, 0) is 12.8 Å². The van der Waals surface area contributed by atoms with Gasteiger partial charge in [0.1, 0.15) is 0 Å². The number of fused-ring (bicyclic) bond motifs is 1. The molecule has 1 aliphatic rings. The molecule has 0 amide bonds. The summed E-state index contributed by atoms with van der Waals surface area (Å²) in [7, 11) is 0. The van der Waals surface area contributed by atoms with Gasteiger partial charge in [0.2, 0.25) is 0 Å². The minimum absolute atomic E-state index is 0.753. The van der Waals surface area contributed by atoms with E-state index >= 15 is 0 Å². The van der Waals surface area contributed by atoms with Crippen molar-refractivity contribution in [1.82, 2.24) is 0 Å². The second-order valence-electron chi connectivity index (χ2n) is 4.80. The Morgan fingerprint density at radius 2 is 2.07 bits per heavy atom. The molecule has 1 aromatic rings. The molecule has 1 aromatic carbocycles. The lowest BCUT2D eigenvalue weighted by Gasteiger charge is -2.07. The van der Waals surface area contributed by atoms with Gasteiger partial charge < -0.3 is 0 Å². The summed E-state index contributed by atoms with van der Waals surface area (Å²) in [6, 6.07) is 6.92. The quantitative estimate of drug-likeness (QED) is 0.658. The van der Waals surface area contributed by atoms with E-state index in [1.54, 1.807) is 0 Å². The first-order valence-corrected chi connectivity index (χ1v) is 5.44. The lowest BCUT2D eigenvalue weighted by Crippen LogP contribution is -1.95. The Bertz CT molecular complexity index is 370. The van der Waals surface area contributed by atoms with Crippen molar-refractivity contribution in [3.05, 3.63) is 40.5 Å². The summed E-state index contributed by atoms with van der Waals surface area (Å²) in [5, 5.41) is 0. The van der Waals surface area contributed by atoms with Crippen LogP contribution in [0.3, 0.4) is 0 Å². The average Bonchev–Trinajstić information content (AvgIpc) is 2.42. The van der Waals surface area contributed by atoms with Crippen molar-refractivity contribution in [3.8, 4) is 0 Å². The third kappa shape index (κ3) is 1.89. The topological polar surface area (TPSA) is 0 Å². The highest BCUT2D eigenvalue weighted by atomic mass is 14.1. The van der Waals surface area contributed by atoms with E-state index in [-0.39, 0.29) is 0 Å². The molecule has 74 valence electrons. The number of benzene rings is 1. The Balaban J connectivity index is 2.24. The van der Waals surface area contributed by atoms with Crippen LogP contribution in [0.1, 0.15) is 37.5 Å². The number of rotatable bonds is 2. The Morgan fingerprint density at radius 3 is 2.79 bits per heavy atom. The normalized spacial score (nSPS) is 14.4. The van der Waals surface area contributed by atoms with Gasteiger partial charge in [0.15, 0.2) is 0 Å². The van der Waals surface area contributed by atoms with Crippen LogP contribution in [0.25, 0.3) is 6.08 Å². The molecule has 0 saturated carbocycles. The van der Waals surface area contributed by atoms with E-state index in [0.717, 1.165) is 12.3 Å². The van der Waals surface area contributed by atoms with Gasteiger partial charge in [-0.2, -0.15) is 0 Å². The van der Waals surface area contributed by atoms with Gasteiger partial charge in [-0.05, 0) is 42.4 Å². The molecule has 0 nitrogen and oxygen atoms in total. The number of hydrogen-bond donors (Lipinski definition) is 0. The van der Waals surface area contributed by atoms with E-state index in [1.165, 1.54) is 28.7 Å². The Kier molecular flexibility index (Phi) is 2.45. The van der Waals surface area contributed by atoms with Crippen LogP contribution in [0.2, 0.25) is 0 Å². The third-order valence-corrected chi connectivity index (χ3v) is 2.72. The van der Waals surface area contributed by atoms with Gasteiger partial charge in [0, 0.05) is 0 Å². The summed E-state index contributed by atoms with van der Waals surface area (Å²) in [5.41, 5.74) is 5.92. The number of allylic oxidation sites excluding steroid dienone is 1. The Hall–Kier alpha value is -1.04. The Morgan fingerprint density at radius 1 is 1.29 bits per heavy atom. The van der Waals surface area contributed by atoms with E-state index in [2.05, 4.69) is 45.0 Å². The predicted octanol–water partition coefficient (Wildman–Crippen LogP) is 3.84. The number of hydrogen-bond acceptors (Lipinski definition) is 0. The van der Waals surface area contributed by atoms with Gasteiger partial charge in [0.25, 0.3) is 0 Å². The molecule has 0 heterocycles. The van der Waals surface area contributed by atoms with Crippen LogP contribution < -0.4 is 0 Å². The smallest absolute Gasteiger partial charge is 0.00605 e. The molecule has 0 aromatic heterocycles. The molecule has 0 saturated heterocycles. The highest BCUT2D eigenvalue weighted by Gasteiger charge is 2.10. The zero-order valence-corrected chi connectivity index (χ0v) is 9.30. The van der Waals surface area contributed by atoms with Gasteiger partial charge in [-0.25, -0.2) is 0 Å². The van der Waals surface area contributed by atoms with E-state index < -0.39 is 0 Å². The lowest BCUT2D eigenvalue weighted by molar-refractivity contribution is 0.647. The predicted molar refractivity (Wildman–Crippen MR) is 62.3 cm³/mol. The lowest BCUT2D eigenvalue weighted by atomic mass is 9.99. The first kappa shape index (κ1) is 9.51. The maximum absolute atomic E-state index is 2.38. The van der Waals surface area contributed by atoms with Crippen LogP contribution in [-0.4, -0.2) is 0 Å². The summed E-state index contributed by atoms with van der Waals surface area (Å²) in [4.78, 5) is 0. The fourth-order valence-corrected chi connectivity index (χ4v) is 2.17. The molecule has 0 heteroatoms. The van der Waals surface area contributed by atoms with Crippen molar-refractivity contribution < 1.29 is 0 Å². The van der Waals surface area contributed by atoms with Gasteiger partial charge >= 0.3 is 0 Å². The molecule has 0 aliphatic heterocycles. The largest absolute Gasteiger partial charge is 0.0683 e. The molecule has 0 unspecified atom stereocenters.